The minimum Gasteiger partial charge on any atom is -0.392 e. The Kier molecular flexibility index (Phi) is 6.14. The second-order valence-corrected chi connectivity index (χ2v) is 13.3. The number of fused-ring (bicyclic) bond motifs is 5. The Morgan fingerprint density at radius 1 is 1.16 bits per heavy atom. The molecule has 3 saturated carbocycles. The standard InChI is InChI=1S/C30H48O2/c1-20(19-31)9-8-10-21(2)22-13-17-30(7)24-11-12-25-27(3,4)26(32)15-16-28(25,5)23(24)14-18-29(22,30)6/h9,11,21-23,25,31H,8,10,12-19H2,1-7H3/b20-9+/t21-,22-,23-,25+,28-,29-,30+/m1/s1. The molecule has 4 aliphatic rings. The molecule has 0 spiro atoms. The monoisotopic (exact) mass is 440 g/mol. The summed E-state index contributed by atoms with van der Waals surface area (Å²) in [4.78, 5) is 12.8. The van der Waals surface area contributed by atoms with Gasteiger partial charge in [-0.2, -0.15) is 0 Å². The fraction of sp³-hybridized carbons (Fsp3) is 0.833. The Hall–Kier alpha value is -0.890. The van der Waals surface area contributed by atoms with Gasteiger partial charge in [0.15, 0.2) is 0 Å². The van der Waals surface area contributed by atoms with Gasteiger partial charge in [-0.25, -0.2) is 0 Å². The van der Waals surface area contributed by atoms with Crippen LogP contribution in [-0.2, 0) is 4.79 Å². The van der Waals surface area contributed by atoms with Crippen molar-refractivity contribution >= 4 is 5.78 Å². The van der Waals surface area contributed by atoms with E-state index in [2.05, 4.69) is 53.7 Å². The summed E-state index contributed by atoms with van der Waals surface area (Å²) >= 11 is 0. The van der Waals surface area contributed by atoms with Crippen LogP contribution in [0.15, 0.2) is 23.3 Å². The van der Waals surface area contributed by atoms with E-state index in [4.69, 9.17) is 0 Å². The average Bonchev–Trinajstić information content (AvgIpc) is 3.02. The van der Waals surface area contributed by atoms with Crippen LogP contribution in [0.25, 0.3) is 0 Å². The molecule has 2 nitrogen and oxygen atoms in total. The van der Waals surface area contributed by atoms with Gasteiger partial charge in [0.2, 0.25) is 0 Å². The number of ketones is 1. The van der Waals surface area contributed by atoms with Gasteiger partial charge in [-0.15, -0.1) is 0 Å². The van der Waals surface area contributed by atoms with Gasteiger partial charge in [0, 0.05) is 11.8 Å². The third kappa shape index (κ3) is 3.33. The number of hydrogen-bond acceptors (Lipinski definition) is 2. The van der Waals surface area contributed by atoms with Crippen LogP contribution in [0, 0.1) is 45.3 Å². The van der Waals surface area contributed by atoms with Gasteiger partial charge in [-0.3, -0.25) is 4.79 Å². The number of carbonyl (C=O) groups excluding carboxylic acids is 1. The van der Waals surface area contributed by atoms with E-state index < -0.39 is 0 Å². The van der Waals surface area contributed by atoms with Crippen molar-refractivity contribution in [2.45, 2.75) is 106 Å². The second kappa shape index (κ2) is 8.10. The molecule has 0 bridgehead atoms. The largest absolute Gasteiger partial charge is 0.392 e. The Morgan fingerprint density at radius 2 is 1.88 bits per heavy atom. The van der Waals surface area contributed by atoms with Crippen molar-refractivity contribution < 1.29 is 9.90 Å². The highest BCUT2D eigenvalue weighted by Gasteiger charge is 2.65. The summed E-state index contributed by atoms with van der Waals surface area (Å²) in [7, 11) is 0. The number of allylic oxidation sites excluding steroid dienone is 3. The first kappa shape index (κ1) is 24.2. The SMILES string of the molecule is C/C(=C\CC[C@@H](C)[C@H]1CC[C@@]2(C)C3=CC[C@H]4C(C)(C)C(=O)CC[C@]4(C)[C@@H]3CC[C@]12C)CO. The van der Waals surface area contributed by atoms with Gasteiger partial charge in [0.05, 0.1) is 6.61 Å². The molecule has 1 N–H and O–H groups in total. The molecule has 180 valence electrons. The fourth-order valence-corrected chi connectivity index (χ4v) is 9.32. The maximum absolute atomic E-state index is 12.8. The van der Waals surface area contributed by atoms with Gasteiger partial charge >= 0.3 is 0 Å². The number of rotatable bonds is 5. The van der Waals surface area contributed by atoms with Crippen molar-refractivity contribution in [3.05, 3.63) is 23.3 Å². The minimum atomic E-state index is -0.177. The average molecular weight is 441 g/mol. The zero-order valence-electron chi connectivity index (χ0n) is 21.9. The summed E-state index contributed by atoms with van der Waals surface area (Å²) in [5.41, 5.74) is 3.68. The van der Waals surface area contributed by atoms with Gasteiger partial charge in [-0.1, -0.05) is 64.8 Å². The molecule has 32 heavy (non-hydrogen) atoms. The number of Topliss-reactive ketones (excluding diaryl/α,β-unsaturated/α-hetero) is 1. The van der Waals surface area contributed by atoms with Crippen molar-refractivity contribution in [3.8, 4) is 0 Å². The molecule has 0 aliphatic heterocycles. The Labute approximate surface area is 197 Å². The molecular weight excluding hydrogens is 392 g/mol. The number of hydrogen-bond donors (Lipinski definition) is 1. The Balaban J connectivity index is 1.60. The smallest absolute Gasteiger partial charge is 0.138 e. The molecule has 0 radical (unpaired) electrons. The molecule has 2 heteroatoms. The maximum Gasteiger partial charge on any atom is 0.138 e. The number of aliphatic hydroxyl groups excluding tert-OH is 1. The van der Waals surface area contributed by atoms with Crippen molar-refractivity contribution in [2.24, 2.45) is 45.3 Å². The highest BCUT2D eigenvalue weighted by molar-refractivity contribution is 5.85. The molecule has 0 aromatic rings. The summed E-state index contributed by atoms with van der Waals surface area (Å²) in [5.74, 6) is 3.16. The van der Waals surface area contributed by atoms with E-state index in [0.717, 1.165) is 43.1 Å². The van der Waals surface area contributed by atoms with Crippen LogP contribution in [0.2, 0.25) is 0 Å². The van der Waals surface area contributed by atoms with Crippen molar-refractivity contribution in [3.63, 3.8) is 0 Å². The highest BCUT2D eigenvalue weighted by Crippen LogP contribution is 2.73. The summed E-state index contributed by atoms with van der Waals surface area (Å²) in [5, 5.41) is 9.31. The second-order valence-electron chi connectivity index (χ2n) is 13.3. The number of carbonyl (C=O) groups is 1. The van der Waals surface area contributed by atoms with Crippen molar-refractivity contribution in [1.82, 2.24) is 0 Å². The van der Waals surface area contributed by atoms with Crippen LogP contribution in [0.5, 0.6) is 0 Å². The molecule has 0 saturated heterocycles. The summed E-state index contributed by atoms with van der Waals surface area (Å²) in [6, 6.07) is 0. The normalized spacial score (nSPS) is 44.4. The molecule has 0 amide bonds. The molecule has 3 fully saturated rings. The van der Waals surface area contributed by atoms with Crippen LogP contribution in [0.3, 0.4) is 0 Å². The molecular formula is C30H48O2. The summed E-state index contributed by atoms with van der Waals surface area (Å²) in [6.45, 7) is 16.9. The van der Waals surface area contributed by atoms with Crippen molar-refractivity contribution in [2.75, 3.05) is 6.61 Å². The van der Waals surface area contributed by atoms with Crippen LogP contribution < -0.4 is 0 Å². The summed E-state index contributed by atoms with van der Waals surface area (Å²) in [6.07, 6.45) is 15.5. The molecule has 4 rings (SSSR count). The third-order valence-electron chi connectivity index (χ3n) is 11.7. The zero-order chi connectivity index (χ0) is 23.5. The van der Waals surface area contributed by atoms with E-state index in [1.165, 1.54) is 32.1 Å². The van der Waals surface area contributed by atoms with E-state index in [1.807, 2.05) is 6.92 Å². The minimum absolute atomic E-state index is 0.177. The fourth-order valence-electron chi connectivity index (χ4n) is 9.32. The maximum atomic E-state index is 12.8. The van der Waals surface area contributed by atoms with Crippen LogP contribution in [0.1, 0.15) is 106 Å². The van der Waals surface area contributed by atoms with Gasteiger partial charge < -0.3 is 5.11 Å². The topological polar surface area (TPSA) is 37.3 Å². The molecule has 0 aromatic heterocycles. The lowest BCUT2D eigenvalue weighted by Crippen LogP contribution is -2.57. The first-order valence-electron chi connectivity index (χ1n) is 13.4. The number of aliphatic hydroxyl groups is 1. The predicted octanol–water partition coefficient (Wildman–Crippen LogP) is 7.52. The van der Waals surface area contributed by atoms with Gasteiger partial charge in [0.25, 0.3) is 0 Å². The Morgan fingerprint density at radius 3 is 2.56 bits per heavy atom. The van der Waals surface area contributed by atoms with Crippen LogP contribution in [0.4, 0.5) is 0 Å². The van der Waals surface area contributed by atoms with E-state index in [1.54, 1.807) is 5.57 Å². The first-order valence-corrected chi connectivity index (χ1v) is 13.4. The third-order valence-corrected chi connectivity index (χ3v) is 11.7. The lowest BCUT2D eigenvalue weighted by atomic mass is 9.41. The quantitative estimate of drug-likeness (QED) is 0.449. The predicted molar refractivity (Wildman–Crippen MR) is 133 cm³/mol. The molecule has 0 heterocycles. The lowest BCUT2D eigenvalue weighted by Gasteiger charge is -2.63. The first-order chi connectivity index (χ1) is 14.9. The zero-order valence-corrected chi connectivity index (χ0v) is 21.9. The van der Waals surface area contributed by atoms with E-state index in [0.29, 0.717) is 28.4 Å². The Bertz CT molecular complexity index is 819. The summed E-state index contributed by atoms with van der Waals surface area (Å²) < 4.78 is 0. The molecule has 0 aromatic carbocycles. The van der Waals surface area contributed by atoms with E-state index in [-0.39, 0.29) is 17.4 Å². The van der Waals surface area contributed by atoms with Gasteiger partial charge in [0.1, 0.15) is 5.78 Å². The van der Waals surface area contributed by atoms with Crippen molar-refractivity contribution in [1.29, 1.82) is 0 Å². The highest BCUT2D eigenvalue weighted by atomic mass is 16.3. The molecule has 7 atom stereocenters. The van der Waals surface area contributed by atoms with Crippen LogP contribution >= 0.6 is 0 Å². The molecule has 4 aliphatic carbocycles. The lowest BCUT2D eigenvalue weighted by molar-refractivity contribution is -0.146. The van der Waals surface area contributed by atoms with Crippen LogP contribution in [-0.4, -0.2) is 17.5 Å². The van der Waals surface area contributed by atoms with E-state index in [9.17, 15) is 9.90 Å². The van der Waals surface area contributed by atoms with E-state index >= 15 is 0 Å². The molecule has 0 unspecified atom stereocenters. The van der Waals surface area contributed by atoms with Gasteiger partial charge in [-0.05, 0) is 98.2 Å².